The number of hydrogen-bond donors (Lipinski definition) is 2. The van der Waals surface area contributed by atoms with Crippen LogP contribution in [0, 0.1) is 5.92 Å². The third-order valence-corrected chi connectivity index (χ3v) is 8.00. The SMILES string of the molecule is C=NC1=C(/C=C(\C)NC(=O)c2c(Cl)cccc2Cl)N(S(=O)(=O)c2cccc(Cl)c2)C[C@H](CC(=O)O)C1. The third kappa shape index (κ3) is 6.28. The molecule has 2 N–H and O–H groups in total. The van der Waals surface area contributed by atoms with E-state index in [-0.39, 0.29) is 62.0 Å². The number of carbonyl (C=O) groups excluding carboxylic acids is 1. The van der Waals surface area contributed by atoms with Gasteiger partial charge in [0.1, 0.15) is 0 Å². The lowest BCUT2D eigenvalue weighted by atomic mass is 9.95. The number of hydrogen-bond acceptors (Lipinski definition) is 5. The summed E-state index contributed by atoms with van der Waals surface area (Å²) in [6.45, 7) is 4.98. The van der Waals surface area contributed by atoms with E-state index < -0.39 is 27.8 Å². The van der Waals surface area contributed by atoms with Crippen LogP contribution < -0.4 is 5.32 Å². The van der Waals surface area contributed by atoms with Gasteiger partial charge in [-0.3, -0.25) is 18.9 Å². The van der Waals surface area contributed by atoms with Crippen LogP contribution >= 0.6 is 34.8 Å². The van der Waals surface area contributed by atoms with Crippen molar-refractivity contribution in [2.75, 3.05) is 6.54 Å². The van der Waals surface area contributed by atoms with E-state index in [1.807, 2.05) is 0 Å². The monoisotopic (exact) mass is 569 g/mol. The fourth-order valence-electron chi connectivity index (χ4n) is 3.78. The standard InChI is InChI=1S/C24H22Cl3N3O5S/c1-14(29-24(33)23-18(26)7-4-8-19(23)27)9-21-20(28-2)10-15(11-22(31)32)13-30(21)36(34,35)17-6-3-5-16(25)12-17/h3-9,12,15H,2,10-11,13H2,1H3,(H,29,33)(H,31,32)/b14-9+/t15-/m0/s1. The van der Waals surface area contributed by atoms with Gasteiger partial charge in [0.15, 0.2) is 0 Å². The molecule has 3 rings (SSSR count). The van der Waals surface area contributed by atoms with Crippen molar-refractivity contribution in [1.82, 2.24) is 9.62 Å². The first-order valence-corrected chi connectivity index (χ1v) is 13.1. The molecule has 2 aromatic carbocycles. The normalized spacial score (nSPS) is 16.6. The maximum Gasteiger partial charge on any atom is 0.303 e. The molecule has 0 aromatic heterocycles. The summed E-state index contributed by atoms with van der Waals surface area (Å²) in [5.41, 5.74) is 0.755. The van der Waals surface area contributed by atoms with Gasteiger partial charge >= 0.3 is 5.97 Å². The Morgan fingerprint density at radius 3 is 2.42 bits per heavy atom. The van der Waals surface area contributed by atoms with Gasteiger partial charge in [0.25, 0.3) is 15.9 Å². The molecule has 190 valence electrons. The number of carbonyl (C=O) groups is 2. The number of aliphatic imine (C=N–C) groups is 1. The molecule has 1 amide bonds. The van der Waals surface area contributed by atoms with E-state index in [2.05, 4.69) is 17.0 Å². The zero-order valence-corrected chi connectivity index (χ0v) is 22.1. The van der Waals surface area contributed by atoms with Gasteiger partial charge in [0.2, 0.25) is 0 Å². The minimum absolute atomic E-state index is 0.0678. The average Bonchev–Trinajstić information content (AvgIpc) is 2.79. The van der Waals surface area contributed by atoms with E-state index in [0.717, 1.165) is 4.31 Å². The lowest BCUT2D eigenvalue weighted by molar-refractivity contribution is -0.138. The van der Waals surface area contributed by atoms with Crippen LogP contribution in [0.3, 0.4) is 0 Å². The summed E-state index contributed by atoms with van der Waals surface area (Å²) in [6.07, 6.45) is 1.35. The average molecular weight is 571 g/mol. The van der Waals surface area contributed by atoms with Gasteiger partial charge in [0.05, 0.1) is 38.3 Å². The second kappa shape index (κ2) is 11.5. The van der Waals surface area contributed by atoms with Gasteiger partial charge < -0.3 is 10.4 Å². The molecule has 0 radical (unpaired) electrons. The summed E-state index contributed by atoms with van der Waals surface area (Å²) in [5, 5.41) is 12.5. The van der Waals surface area contributed by atoms with Crippen LogP contribution in [0.25, 0.3) is 0 Å². The van der Waals surface area contributed by atoms with Crippen molar-refractivity contribution in [1.29, 1.82) is 0 Å². The lowest BCUT2D eigenvalue weighted by Gasteiger charge is -2.34. The van der Waals surface area contributed by atoms with Crippen LogP contribution in [-0.4, -0.2) is 43.0 Å². The van der Waals surface area contributed by atoms with E-state index >= 15 is 0 Å². The molecule has 8 nitrogen and oxygen atoms in total. The van der Waals surface area contributed by atoms with Crippen LogP contribution in [0.2, 0.25) is 15.1 Å². The number of nitrogens with one attached hydrogen (secondary N) is 1. The van der Waals surface area contributed by atoms with Crippen LogP contribution in [0.15, 0.2) is 75.5 Å². The first kappa shape index (κ1) is 27.7. The zero-order valence-electron chi connectivity index (χ0n) is 19.0. The highest BCUT2D eigenvalue weighted by Gasteiger charge is 2.35. The molecule has 1 heterocycles. The van der Waals surface area contributed by atoms with Crippen LogP contribution in [0.1, 0.15) is 30.1 Å². The number of amides is 1. The van der Waals surface area contributed by atoms with Gasteiger partial charge in [-0.1, -0.05) is 46.9 Å². The molecule has 1 aliphatic heterocycles. The van der Waals surface area contributed by atoms with Crippen molar-refractivity contribution in [3.8, 4) is 0 Å². The number of nitrogens with zero attached hydrogens (tertiary/aromatic N) is 2. The molecule has 0 spiro atoms. The number of carboxylic acid groups (broad SMARTS) is 1. The van der Waals surface area contributed by atoms with Gasteiger partial charge in [-0.15, -0.1) is 0 Å². The van der Waals surface area contributed by atoms with E-state index in [1.54, 1.807) is 13.0 Å². The van der Waals surface area contributed by atoms with Crippen LogP contribution in [0.5, 0.6) is 0 Å². The maximum absolute atomic E-state index is 13.6. The molecule has 12 heteroatoms. The van der Waals surface area contributed by atoms with Gasteiger partial charge in [-0.2, -0.15) is 0 Å². The Kier molecular flexibility index (Phi) is 8.84. The Hall–Kier alpha value is -2.85. The number of carboxylic acids is 1. The minimum Gasteiger partial charge on any atom is -0.481 e. The summed E-state index contributed by atoms with van der Waals surface area (Å²) in [4.78, 5) is 28.1. The summed E-state index contributed by atoms with van der Waals surface area (Å²) in [7, 11) is -4.17. The number of allylic oxidation sites excluding steroid dienone is 3. The Morgan fingerprint density at radius 2 is 1.83 bits per heavy atom. The first-order chi connectivity index (χ1) is 16.9. The van der Waals surface area contributed by atoms with E-state index in [0.29, 0.717) is 0 Å². The van der Waals surface area contributed by atoms with Crippen LogP contribution in [0.4, 0.5) is 0 Å². The smallest absolute Gasteiger partial charge is 0.303 e. The van der Waals surface area contributed by atoms with Crippen LogP contribution in [-0.2, 0) is 14.8 Å². The third-order valence-electron chi connectivity index (χ3n) is 5.36. The molecule has 0 saturated heterocycles. The number of rotatable bonds is 8. The molecular formula is C24H22Cl3N3O5S. The molecule has 36 heavy (non-hydrogen) atoms. The minimum atomic E-state index is -4.17. The number of aliphatic carboxylic acids is 1. The summed E-state index contributed by atoms with van der Waals surface area (Å²) < 4.78 is 28.3. The quantitative estimate of drug-likeness (QED) is 0.414. The molecule has 1 aliphatic rings. The topological polar surface area (TPSA) is 116 Å². The Labute approximate surface area is 223 Å². The van der Waals surface area contributed by atoms with Crippen molar-refractivity contribution < 1.29 is 23.1 Å². The molecule has 0 saturated carbocycles. The van der Waals surface area contributed by atoms with Crippen molar-refractivity contribution in [3.05, 3.63) is 86.3 Å². The highest BCUT2D eigenvalue weighted by Crippen LogP contribution is 2.35. The van der Waals surface area contributed by atoms with Crippen molar-refractivity contribution in [2.24, 2.45) is 10.9 Å². The van der Waals surface area contributed by atoms with Crippen molar-refractivity contribution in [3.63, 3.8) is 0 Å². The molecule has 2 aromatic rings. The Morgan fingerprint density at radius 1 is 1.19 bits per heavy atom. The zero-order chi connectivity index (χ0) is 26.6. The molecule has 1 atom stereocenters. The Bertz CT molecular complexity index is 1370. The summed E-state index contributed by atoms with van der Waals surface area (Å²) >= 11 is 18.3. The van der Waals surface area contributed by atoms with Gasteiger partial charge in [-0.25, -0.2) is 8.42 Å². The fraction of sp³-hybridized carbons (Fsp3) is 0.208. The highest BCUT2D eigenvalue weighted by molar-refractivity contribution is 7.89. The first-order valence-electron chi connectivity index (χ1n) is 10.6. The molecular weight excluding hydrogens is 549 g/mol. The number of sulfonamides is 1. The lowest BCUT2D eigenvalue weighted by Crippen LogP contribution is -2.39. The summed E-state index contributed by atoms with van der Waals surface area (Å²) in [6, 6.07) is 10.4. The second-order valence-corrected chi connectivity index (χ2v) is 11.1. The number of halogens is 3. The van der Waals surface area contributed by atoms with E-state index in [1.165, 1.54) is 42.5 Å². The second-order valence-electron chi connectivity index (χ2n) is 8.03. The fourth-order valence-corrected chi connectivity index (χ4v) is 6.21. The van der Waals surface area contributed by atoms with Gasteiger partial charge in [-0.05, 0) is 62.4 Å². The van der Waals surface area contributed by atoms with E-state index in [4.69, 9.17) is 34.8 Å². The van der Waals surface area contributed by atoms with Crippen molar-refractivity contribution >= 4 is 63.4 Å². The van der Waals surface area contributed by atoms with Crippen molar-refractivity contribution in [2.45, 2.75) is 24.7 Å². The van der Waals surface area contributed by atoms with Gasteiger partial charge in [0, 0.05) is 17.3 Å². The molecule has 0 fully saturated rings. The predicted molar refractivity (Wildman–Crippen MR) is 140 cm³/mol. The largest absolute Gasteiger partial charge is 0.481 e. The maximum atomic E-state index is 13.6. The molecule has 0 bridgehead atoms. The number of benzene rings is 2. The highest BCUT2D eigenvalue weighted by atomic mass is 35.5. The Balaban J connectivity index is 2.06. The molecule has 0 unspecified atom stereocenters. The predicted octanol–water partition coefficient (Wildman–Crippen LogP) is 5.38. The molecule has 0 aliphatic carbocycles. The summed E-state index contributed by atoms with van der Waals surface area (Å²) in [5.74, 6) is -2.20. The van der Waals surface area contributed by atoms with E-state index in [9.17, 15) is 23.1 Å².